The van der Waals surface area contributed by atoms with E-state index in [2.05, 4.69) is 5.32 Å². The summed E-state index contributed by atoms with van der Waals surface area (Å²) in [5.41, 5.74) is 0.508. The molecule has 11 heteroatoms. The van der Waals surface area contributed by atoms with Gasteiger partial charge in [-0.3, -0.25) is 9.59 Å². The molecule has 0 aliphatic carbocycles. The average Bonchev–Trinajstić information content (AvgIpc) is 2.82. The summed E-state index contributed by atoms with van der Waals surface area (Å²) in [6.07, 6.45) is -0.0393. The van der Waals surface area contributed by atoms with Gasteiger partial charge in [0, 0.05) is 32.2 Å². The standard InChI is InChI=1S/C22H26FN3O6S/c1-31-19-7-6-18(14-20(19)32-2)33(29,30)26-10-8-25(9-11-26)22(28)15-24-21(27)13-16-4-3-5-17(23)12-16/h3-7,12,14H,8-11,13,15H2,1-2H3,(H,24,27). The molecule has 1 aliphatic rings. The van der Waals surface area contributed by atoms with Gasteiger partial charge in [-0.25, -0.2) is 12.8 Å². The van der Waals surface area contributed by atoms with Crippen LogP contribution in [0.4, 0.5) is 4.39 Å². The SMILES string of the molecule is COc1ccc(S(=O)(=O)N2CCN(C(=O)CNC(=O)Cc3cccc(F)c3)CC2)cc1OC. The van der Waals surface area contributed by atoms with Gasteiger partial charge in [0.15, 0.2) is 11.5 Å². The van der Waals surface area contributed by atoms with E-state index in [-0.39, 0.29) is 49.9 Å². The van der Waals surface area contributed by atoms with Crippen molar-refractivity contribution in [3.63, 3.8) is 0 Å². The first-order chi connectivity index (χ1) is 15.7. The van der Waals surface area contributed by atoms with Crippen LogP contribution in [0.3, 0.4) is 0 Å². The fourth-order valence-corrected chi connectivity index (χ4v) is 4.92. The van der Waals surface area contributed by atoms with Gasteiger partial charge in [-0.15, -0.1) is 0 Å². The van der Waals surface area contributed by atoms with Crippen LogP contribution >= 0.6 is 0 Å². The van der Waals surface area contributed by atoms with Crippen LogP contribution in [0, 0.1) is 5.82 Å². The first-order valence-electron chi connectivity index (χ1n) is 10.3. The number of benzene rings is 2. The van der Waals surface area contributed by atoms with Crippen LogP contribution in [0.5, 0.6) is 11.5 Å². The Morgan fingerprint density at radius 3 is 2.33 bits per heavy atom. The van der Waals surface area contributed by atoms with E-state index in [0.29, 0.717) is 17.1 Å². The van der Waals surface area contributed by atoms with Gasteiger partial charge in [-0.05, 0) is 29.8 Å². The topological polar surface area (TPSA) is 105 Å². The third-order valence-corrected chi connectivity index (χ3v) is 7.17. The Labute approximate surface area is 192 Å². The molecule has 2 aromatic rings. The molecule has 1 saturated heterocycles. The number of nitrogens with one attached hydrogen (secondary N) is 1. The van der Waals surface area contributed by atoms with Gasteiger partial charge >= 0.3 is 0 Å². The lowest BCUT2D eigenvalue weighted by Gasteiger charge is -2.34. The van der Waals surface area contributed by atoms with Crippen molar-refractivity contribution >= 4 is 21.8 Å². The number of ether oxygens (including phenoxy) is 2. The Morgan fingerprint density at radius 2 is 1.70 bits per heavy atom. The molecule has 1 aliphatic heterocycles. The third kappa shape index (κ3) is 5.99. The van der Waals surface area contributed by atoms with Crippen molar-refractivity contribution < 1.29 is 31.9 Å². The summed E-state index contributed by atoms with van der Waals surface area (Å²) in [5.74, 6) is -0.417. The Hall–Kier alpha value is -3.18. The maximum Gasteiger partial charge on any atom is 0.243 e. The lowest BCUT2D eigenvalue weighted by atomic mass is 10.1. The van der Waals surface area contributed by atoms with Crippen LogP contribution in [0.15, 0.2) is 47.4 Å². The van der Waals surface area contributed by atoms with Gasteiger partial charge in [-0.2, -0.15) is 4.31 Å². The first-order valence-corrected chi connectivity index (χ1v) is 11.7. The number of nitrogens with zero attached hydrogens (tertiary/aromatic N) is 2. The molecule has 3 rings (SSSR count). The molecule has 0 spiro atoms. The quantitative estimate of drug-likeness (QED) is 0.607. The molecule has 0 atom stereocenters. The number of sulfonamides is 1. The Bertz CT molecular complexity index is 1120. The van der Waals surface area contributed by atoms with Crippen LogP contribution in [0.2, 0.25) is 0 Å². The van der Waals surface area contributed by atoms with E-state index in [1.165, 1.54) is 59.8 Å². The normalized spacial score (nSPS) is 14.6. The largest absolute Gasteiger partial charge is 0.493 e. The fourth-order valence-electron chi connectivity index (χ4n) is 3.48. The second-order valence-electron chi connectivity index (χ2n) is 7.39. The van der Waals surface area contributed by atoms with Crippen molar-refractivity contribution in [2.75, 3.05) is 46.9 Å². The van der Waals surface area contributed by atoms with Crippen LogP contribution in [0.1, 0.15) is 5.56 Å². The van der Waals surface area contributed by atoms with E-state index in [1.807, 2.05) is 0 Å². The van der Waals surface area contributed by atoms with Crippen LogP contribution in [-0.2, 0) is 26.0 Å². The molecule has 2 amide bonds. The van der Waals surface area contributed by atoms with Gasteiger partial charge in [0.1, 0.15) is 5.82 Å². The predicted octanol–water partition coefficient (Wildman–Crippen LogP) is 1.03. The molecule has 0 aromatic heterocycles. The minimum Gasteiger partial charge on any atom is -0.493 e. The van der Waals surface area contributed by atoms with Crippen molar-refractivity contribution in [2.45, 2.75) is 11.3 Å². The van der Waals surface area contributed by atoms with E-state index in [0.717, 1.165) is 0 Å². The summed E-state index contributed by atoms with van der Waals surface area (Å²) < 4.78 is 50.8. The Morgan fingerprint density at radius 1 is 1.00 bits per heavy atom. The number of methoxy groups -OCH3 is 2. The zero-order chi connectivity index (χ0) is 24.0. The average molecular weight is 480 g/mol. The highest BCUT2D eigenvalue weighted by atomic mass is 32.2. The molecular weight excluding hydrogens is 453 g/mol. The minimum absolute atomic E-state index is 0.0393. The zero-order valence-corrected chi connectivity index (χ0v) is 19.2. The van der Waals surface area contributed by atoms with Crippen LogP contribution in [-0.4, -0.2) is 76.4 Å². The van der Waals surface area contributed by atoms with Gasteiger partial charge < -0.3 is 19.7 Å². The van der Waals surface area contributed by atoms with Gasteiger partial charge in [0.25, 0.3) is 0 Å². The summed E-state index contributed by atoms with van der Waals surface area (Å²) >= 11 is 0. The molecular formula is C22H26FN3O6S. The highest BCUT2D eigenvalue weighted by molar-refractivity contribution is 7.89. The Balaban J connectivity index is 1.52. The van der Waals surface area contributed by atoms with E-state index >= 15 is 0 Å². The molecule has 0 saturated carbocycles. The molecule has 0 unspecified atom stereocenters. The summed E-state index contributed by atoms with van der Waals surface area (Å²) in [6, 6.07) is 10.1. The second-order valence-corrected chi connectivity index (χ2v) is 9.32. The number of hydrogen-bond donors (Lipinski definition) is 1. The number of carbonyl (C=O) groups is 2. The number of hydrogen-bond acceptors (Lipinski definition) is 6. The van der Waals surface area contributed by atoms with E-state index in [4.69, 9.17) is 9.47 Å². The van der Waals surface area contributed by atoms with E-state index in [9.17, 15) is 22.4 Å². The number of amides is 2. The zero-order valence-electron chi connectivity index (χ0n) is 18.4. The number of carbonyl (C=O) groups excluding carboxylic acids is 2. The smallest absolute Gasteiger partial charge is 0.243 e. The van der Waals surface area contributed by atoms with Crippen molar-refractivity contribution in [3.05, 3.63) is 53.8 Å². The summed E-state index contributed by atoms with van der Waals surface area (Å²) in [5, 5.41) is 2.53. The molecule has 0 bridgehead atoms. The predicted molar refractivity (Wildman–Crippen MR) is 118 cm³/mol. The molecule has 33 heavy (non-hydrogen) atoms. The monoisotopic (exact) mass is 479 g/mol. The van der Waals surface area contributed by atoms with Crippen molar-refractivity contribution in [2.24, 2.45) is 0 Å². The lowest BCUT2D eigenvalue weighted by molar-refractivity contribution is -0.133. The fraction of sp³-hybridized carbons (Fsp3) is 0.364. The highest BCUT2D eigenvalue weighted by Crippen LogP contribution is 2.30. The summed E-state index contributed by atoms with van der Waals surface area (Å²) in [7, 11) is -0.883. The molecule has 178 valence electrons. The number of rotatable bonds is 8. The van der Waals surface area contributed by atoms with Crippen LogP contribution in [0.25, 0.3) is 0 Å². The van der Waals surface area contributed by atoms with Crippen molar-refractivity contribution in [1.82, 2.24) is 14.5 Å². The van der Waals surface area contributed by atoms with Crippen LogP contribution < -0.4 is 14.8 Å². The first kappa shape index (κ1) is 24.5. The van der Waals surface area contributed by atoms with E-state index < -0.39 is 21.7 Å². The Kier molecular flexibility index (Phi) is 7.88. The molecule has 1 N–H and O–H groups in total. The maximum atomic E-state index is 13.2. The highest BCUT2D eigenvalue weighted by Gasteiger charge is 2.30. The molecule has 9 nitrogen and oxygen atoms in total. The molecule has 2 aromatic carbocycles. The second kappa shape index (κ2) is 10.6. The number of halogens is 1. The minimum atomic E-state index is -3.77. The van der Waals surface area contributed by atoms with E-state index in [1.54, 1.807) is 6.07 Å². The summed E-state index contributed by atoms with van der Waals surface area (Å²) in [6.45, 7) is 0.437. The third-order valence-electron chi connectivity index (χ3n) is 5.27. The van der Waals surface area contributed by atoms with Gasteiger partial charge in [-0.1, -0.05) is 12.1 Å². The molecule has 0 radical (unpaired) electrons. The lowest BCUT2D eigenvalue weighted by Crippen LogP contribution is -2.52. The summed E-state index contributed by atoms with van der Waals surface area (Å²) in [4.78, 5) is 26.1. The van der Waals surface area contributed by atoms with Crippen molar-refractivity contribution in [3.8, 4) is 11.5 Å². The van der Waals surface area contributed by atoms with Gasteiger partial charge in [0.2, 0.25) is 21.8 Å². The molecule has 1 heterocycles. The maximum absolute atomic E-state index is 13.2. The van der Waals surface area contributed by atoms with Gasteiger partial charge in [0.05, 0.1) is 32.1 Å². The van der Waals surface area contributed by atoms with Crippen molar-refractivity contribution in [1.29, 1.82) is 0 Å². The number of piperazine rings is 1. The molecule has 1 fully saturated rings.